The molecule has 0 aliphatic rings. The van der Waals surface area contributed by atoms with Crippen molar-refractivity contribution >= 4 is 17.6 Å². The fraction of sp³-hybridized carbons (Fsp3) is 0.579. The van der Waals surface area contributed by atoms with Gasteiger partial charge in [-0.3, -0.25) is 9.59 Å². The molecule has 0 atom stereocenters. The summed E-state index contributed by atoms with van der Waals surface area (Å²) in [6.07, 6.45) is 0. The Hall–Kier alpha value is -2.08. The van der Waals surface area contributed by atoms with Crippen LogP contribution in [0.25, 0.3) is 0 Å². The van der Waals surface area contributed by atoms with Crippen molar-refractivity contribution in [3.8, 4) is 5.75 Å². The summed E-state index contributed by atoms with van der Waals surface area (Å²) in [6.45, 7) is 10.7. The predicted octanol–water partition coefficient (Wildman–Crippen LogP) is 3.48. The van der Waals surface area contributed by atoms with Crippen LogP contribution < -0.4 is 10.5 Å². The number of methoxy groups -OCH3 is 1. The minimum Gasteiger partial charge on any atom is -0.480 e. The zero-order valence-corrected chi connectivity index (χ0v) is 16.1. The molecule has 0 unspecified atom stereocenters. The summed E-state index contributed by atoms with van der Waals surface area (Å²) in [6, 6.07) is 4.92. The fourth-order valence-corrected chi connectivity index (χ4v) is 3.59. The van der Waals surface area contributed by atoms with Crippen LogP contribution >= 0.6 is 0 Å². The van der Waals surface area contributed by atoms with Gasteiger partial charge in [0.1, 0.15) is 0 Å². The normalized spacial score (nSPS) is 12.8. The van der Waals surface area contributed by atoms with Gasteiger partial charge in [-0.25, -0.2) is 0 Å². The molecule has 0 saturated heterocycles. The molecule has 0 aromatic heterocycles. The first-order valence-corrected chi connectivity index (χ1v) is 8.12. The Morgan fingerprint density at radius 2 is 1.60 bits per heavy atom. The van der Waals surface area contributed by atoms with E-state index in [0.29, 0.717) is 6.61 Å². The number of carboxylic acid groups (broad SMARTS) is 1. The van der Waals surface area contributed by atoms with Crippen molar-refractivity contribution < 1.29 is 24.2 Å². The number of hydrogen-bond acceptors (Lipinski definition) is 5. The Labute approximate surface area is 149 Å². The molecule has 1 rings (SSSR count). The third-order valence-corrected chi connectivity index (χ3v) is 4.46. The maximum absolute atomic E-state index is 13.0. The number of carbonyl (C=O) groups excluding carboxylic acids is 1. The fourth-order valence-electron chi connectivity index (χ4n) is 3.59. The van der Waals surface area contributed by atoms with Crippen molar-refractivity contribution in [2.75, 3.05) is 12.8 Å². The second-order valence-electron chi connectivity index (χ2n) is 8.25. The maximum Gasteiger partial charge on any atom is 0.330 e. The van der Waals surface area contributed by atoms with Gasteiger partial charge >= 0.3 is 11.9 Å². The van der Waals surface area contributed by atoms with E-state index in [1.54, 1.807) is 66.9 Å². The number of rotatable bonds is 5. The molecule has 0 aliphatic heterocycles. The molecule has 25 heavy (non-hydrogen) atoms. The van der Waals surface area contributed by atoms with Crippen LogP contribution in [0.5, 0.6) is 5.75 Å². The van der Waals surface area contributed by atoms with Crippen molar-refractivity contribution in [3.63, 3.8) is 0 Å². The standard InChI is InChI=1S/C19H29NO5/c1-17(2,3)19(15(21)22,18(4,5)6)16(23)25-14-9-8-12(11-24-7)10-13(14)20/h8-10H,11,20H2,1-7H3,(H,21,22). The van der Waals surface area contributed by atoms with E-state index in [4.69, 9.17) is 15.2 Å². The molecule has 1 aromatic rings. The molecule has 6 nitrogen and oxygen atoms in total. The molecule has 6 heteroatoms. The van der Waals surface area contributed by atoms with Crippen molar-refractivity contribution in [1.82, 2.24) is 0 Å². The third kappa shape index (κ3) is 3.79. The summed E-state index contributed by atoms with van der Waals surface area (Å²) in [5.41, 5.74) is 3.54. The lowest BCUT2D eigenvalue weighted by atomic mass is 9.54. The lowest BCUT2D eigenvalue weighted by Gasteiger charge is -2.47. The lowest BCUT2D eigenvalue weighted by Crippen LogP contribution is -2.59. The van der Waals surface area contributed by atoms with Gasteiger partial charge in [-0.15, -0.1) is 0 Å². The highest BCUT2D eigenvalue weighted by molar-refractivity contribution is 6.02. The average Bonchev–Trinajstić information content (AvgIpc) is 2.38. The molecular weight excluding hydrogens is 322 g/mol. The summed E-state index contributed by atoms with van der Waals surface area (Å²) in [7, 11) is 1.57. The highest BCUT2D eigenvalue weighted by Crippen LogP contribution is 2.53. The summed E-state index contributed by atoms with van der Waals surface area (Å²) in [4.78, 5) is 25.3. The van der Waals surface area contributed by atoms with Crippen molar-refractivity contribution in [1.29, 1.82) is 0 Å². The first-order valence-electron chi connectivity index (χ1n) is 8.12. The van der Waals surface area contributed by atoms with E-state index >= 15 is 0 Å². The molecule has 0 amide bonds. The van der Waals surface area contributed by atoms with Crippen LogP contribution in [-0.2, 0) is 20.9 Å². The van der Waals surface area contributed by atoms with Crippen LogP contribution in [0.3, 0.4) is 0 Å². The summed E-state index contributed by atoms with van der Waals surface area (Å²) in [5, 5.41) is 9.98. The van der Waals surface area contributed by atoms with E-state index in [0.717, 1.165) is 5.56 Å². The van der Waals surface area contributed by atoms with E-state index in [1.165, 1.54) is 0 Å². The van der Waals surface area contributed by atoms with Crippen molar-refractivity contribution in [2.24, 2.45) is 16.2 Å². The van der Waals surface area contributed by atoms with Crippen molar-refractivity contribution in [3.05, 3.63) is 23.8 Å². The van der Waals surface area contributed by atoms with Gasteiger partial charge in [0, 0.05) is 7.11 Å². The minimum atomic E-state index is -1.75. The molecule has 0 fully saturated rings. The van der Waals surface area contributed by atoms with Gasteiger partial charge in [-0.05, 0) is 28.5 Å². The molecule has 3 N–H and O–H groups in total. The third-order valence-electron chi connectivity index (χ3n) is 4.46. The average molecular weight is 351 g/mol. The monoisotopic (exact) mass is 351 g/mol. The Bertz CT molecular complexity index is 639. The van der Waals surface area contributed by atoms with Gasteiger partial charge in [-0.1, -0.05) is 47.6 Å². The van der Waals surface area contributed by atoms with Crippen LogP contribution in [0.1, 0.15) is 47.1 Å². The molecule has 0 aliphatic carbocycles. The van der Waals surface area contributed by atoms with Gasteiger partial charge in [0.2, 0.25) is 0 Å². The highest BCUT2D eigenvalue weighted by Gasteiger charge is 2.63. The van der Waals surface area contributed by atoms with Gasteiger partial charge < -0.3 is 20.3 Å². The number of esters is 1. The number of anilines is 1. The Kier molecular flexibility index (Phi) is 5.90. The second kappa shape index (κ2) is 7.04. The largest absolute Gasteiger partial charge is 0.480 e. The van der Waals surface area contributed by atoms with E-state index in [9.17, 15) is 14.7 Å². The summed E-state index contributed by atoms with van der Waals surface area (Å²) < 4.78 is 10.5. The van der Waals surface area contributed by atoms with Gasteiger partial charge in [0.15, 0.2) is 11.2 Å². The number of hydrogen-bond donors (Lipinski definition) is 2. The summed E-state index contributed by atoms with van der Waals surface area (Å²) in [5.74, 6) is -1.90. The van der Waals surface area contributed by atoms with Crippen molar-refractivity contribution in [2.45, 2.75) is 48.1 Å². The van der Waals surface area contributed by atoms with Gasteiger partial charge in [0.25, 0.3) is 0 Å². The quantitative estimate of drug-likeness (QED) is 0.365. The molecule has 140 valence electrons. The zero-order chi connectivity index (χ0) is 19.6. The number of carbonyl (C=O) groups is 2. The number of carboxylic acids is 1. The molecule has 1 aromatic carbocycles. The predicted molar refractivity (Wildman–Crippen MR) is 96.2 cm³/mol. The van der Waals surface area contributed by atoms with Crippen LogP contribution in [-0.4, -0.2) is 24.2 Å². The molecule has 0 bridgehead atoms. The van der Waals surface area contributed by atoms with E-state index < -0.39 is 28.2 Å². The molecule has 0 radical (unpaired) electrons. The smallest absolute Gasteiger partial charge is 0.330 e. The lowest BCUT2D eigenvalue weighted by molar-refractivity contribution is -0.184. The molecular formula is C19H29NO5. The number of aliphatic carboxylic acids is 1. The Balaban J connectivity index is 3.36. The van der Waals surface area contributed by atoms with Gasteiger partial charge in [0.05, 0.1) is 12.3 Å². The topological polar surface area (TPSA) is 98.8 Å². The van der Waals surface area contributed by atoms with E-state index in [1.807, 2.05) is 0 Å². The first kappa shape index (κ1) is 21.0. The van der Waals surface area contributed by atoms with Crippen LogP contribution in [0.2, 0.25) is 0 Å². The number of ether oxygens (including phenoxy) is 2. The number of nitrogens with two attached hydrogens (primary N) is 1. The van der Waals surface area contributed by atoms with Crippen LogP contribution in [0, 0.1) is 16.2 Å². The minimum absolute atomic E-state index is 0.143. The highest BCUT2D eigenvalue weighted by atomic mass is 16.5. The SMILES string of the molecule is COCc1ccc(OC(=O)C(C(=O)O)(C(C)(C)C)C(C)(C)C)c(N)c1. The molecule has 0 heterocycles. The number of benzene rings is 1. The Morgan fingerprint density at radius 1 is 1.08 bits per heavy atom. The first-order chi connectivity index (χ1) is 11.3. The molecule has 0 saturated carbocycles. The zero-order valence-electron chi connectivity index (χ0n) is 16.1. The second-order valence-corrected chi connectivity index (χ2v) is 8.25. The summed E-state index contributed by atoms with van der Waals surface area (Å²) >= 11 is 0. The van der Waals surface area contributed by atoms with E-state index in [2.05, 4.69) is 0 Å². The van der Waals surface area contributed by atoms with E-state index in [-0.39, 0.29) is 11.4 Å². The maximum atomic E-state index is 13.0. The van der Waals surface area contributed by atoms with Crippen LogP contribution in [0.4, 0.5) is 5.69 Å². The Morgan fingerprint density at radius 3 is 1.96 bits per heavy atom. The number of nitrogen functional groups attached to an aromatic ring is 1. The van der Waals surface area contributed by atoms with Gasteiger partial charge in [-0.2, -0.15) is 0 Å². The van der Waals surface area contributed by atoms with Crippen LogP contribution in [0.15, 0.2) is 18.2 Å². The molecule has 0 spiro atoms.